The maximum absolute atomic E-state index is 13.4. The van der Waals surface area contributed by atoms with Crippen molar-refractivity contribution < 1.29 is 9.13 Å². The number of thiazole rings is 1. The van der Waals surface area contributed by atoms with Crippen LogP contribution in [0.1, 0.15) is 36.3 Å². The third-order valence-corrected chi connectivity index (χ3v) is 4.19. The summed E-state index contributed by atoms with van der Waals surface area (Å²) in [6.45, 7) is 7.28. The number of benzene rings is 1. The highest BCUT2D eigenvalue weighted by atomic mass is 32.1. The summed E-state index contributed by atoms with van der Waals surface area (Å²) in [5.41, 5.74) is 6.82. The Morgan fingerprint density at radius 1 is 1.29 bits per heavy atom. The quantitative estimate of drug-likeness (QED) is 0.917. The molecule has 0 bridgehead atoms. The molecule has 1 aromatic heterocycles. The van der Waals surface area contributed by atoms with Crippen LogP contribution in [0.25, 0.3) is 0 Å². The van der Waals surface area contributed by atoms with Gasteiger partial charge in [0.05, 0.1) is 17.3 Å². The van der Waals surface area contributed by atoms with Gasteiger partial charge in [0, 0.05) is 23.3 Å². The first-order chi connectivity index (χ1) is 9.91. The van der Waals surface area contributed by atoms with Crippen molar-refractivity contribution in [1.82, 2.24) is 4.98 Å². The van der Waals surface area contributed by atoms with Crippen molar-refractivity contribution >= 4 is 11.3 Å². The van der Waals surface area contributed by atoms with Crippen molar-refractivity contribution in [1.29, 1.82) is 0 Å². The molecule has 0 atom stereocenters. The Hall–Kier alpha value is -1.46. The fraction of sp³-hybridized carbons (Fsp3) is 0.438. The molecule has 2 rings (SSSR count). The van der Waals surface area contributed by atoms with Gasteiger partial charge in [-0.3, -0.25) is 0 Å². The van der Waals surface area contributed by atoms with Crippen LogP contribution in [-0.4, -0.2) is 11.6 Å². The molecular weight excluding hydrogens is 287 g/mol. The molecule has 0 saturated heterocycles. The maximum Gasteiger partial charge on any atom is 0.165 e. The summed E-state index contributed by atoms with van der Waals surface area (Å²) in [5, 5.41) is 0.983. The molecule has 114 valence electrons. The topological polar surface area (TPSA) is 48.1 Å². The molecule has 0 spiro atoms. The fourth-order valence-electron chi connectivity index (χ4n) is 2.04. The van der Waals surface area contributed by atoms with Crippen LogP contribution in [0.5, 0.6) is 5.75 Å². The molecule has 0 aliphatic rings. The van der Waals surface area contributed by atoms with Crippen LogP contribution in [-0.2, 0) is 18.4 Å². The van der Waals surface area contributed by atoms with E-state index in [-0.39, 0.29) is 17.0 Å². The van der Waals surface area contributed by atoms with Gasteiger partial charge in [-0.1, -0.05) is 32.9 Å². The van der Waals surface area contributed by atoms with Gasteiger partial charge in [-0.2, -0.15) is 0 Å². The summed E-state index contributed by atoms with van der Waals surface area (Å²) < 4.78 is 18.9. The summed E-state index contributed by atoms with van der Waals surface area (Å²) in [4.78, 5) is 5.78. The summed E-state index contributed by atoms with van der Waals surface area (Å²) in [6.07, 6.45) is 0.655. The van der Waals surface area contributed by atoms with Crippen molar-refractivity contribution in [2.75, 3.05) is 6.61 Å². The summed E-state index contributed by atoms with van der Waals surface area (Å²) >= 11 is 1.62. The second-order valence-corrected chi connectivity index (χ2v) is 7.03. The highest BCUT2D eigenvalue weighted by Gasteiger charge is 2.22. The van der Waals surface area contributed by atoms with E-state index in [4.69, 9.17) is 10.5 Å². The number of para-hydroxylation sites is 1. The Kier molecular flexibility index (Phi) is 4.96. The van der Waals surface area contributed by atoms with Gasteiger partial charge < -0.3 is 10.5 Å². The lowest BCUT2D eigenvalue weighted by atomic mass is 9.91. The summed E-state index contributed by atoms with van der Waals surface area (Å²) in [6, 6.07) is 6.42. The van der Waals surface area contributed by atoms with E-state index >= 15 is 0 Å². The van der Waals surface area contributed by atoms with Gasteiger partial charge in [-0.05, 0) is 12.1 Å². The molecule has 0 unspecified atom stereocenters. The number of nitrogens with two attached hydrogens (primary N) is 1. The zero-order chi connectivity index (χ0) is 15.5. The predicted molar refractivity (Wildman–Crippen MR) is 84.3 cm³/mol. The standard InChI is InChI=1S/C16H21FN2OS/c1-16(2,3)15-13(10-18)21-14(19-15)8-9-20-12-7-5-4-6-11(12)17/h4-7H,8-10,18H2,1-3H3. The normalized spacial score (nSPS) is 11.7. The van der Waals surface area contributed by atoms with E-state index in [0.717, 1.165) is 15.6 Å². The highest BCUT2D eigenvalue weighted by molar-refractivity contribution is 7.11. The molecular formula is C16H21FN2OS. The SMILES string of the molecule is CC(C)(C)c1nc(CCOc2ccccc2F)sc1CN. The maximum atomic E-state index is 13.4. The number of ether oxygens (including phenoxy) is 1. The summed E-state index contributed by atoms with van der Waals surface area (Å²) in [7, 11) is 0. The monoisotopic (exact) mass is 308 g/mol. The van der Waals surface area contributed by atoms with Crippen LogP contribution in [0.15, 0.2) is 24.3 Å². The molecule has 0 aliphatic heterocycles. The van der Waals surface area contributed by atoms with E-state index in [1.54, 1.807) is 29.5 Å². The predicted octanol–water partition coefficient (Wildman–Crippen LogP) is 3.66. The molecule has 5 heteroatoms. The Bertz CT molecular complexity index is 605. The third-order valence-electron chi connectivity index (χ3n) is 3.05. The molecule has 1 heterocycles. The molecule has 2 aromatic rings. The van der Waals surface area contributed by atoms with Gasteiger partial charge in [0.2, 0.25) is 0 Å². The molecule has 0 saturated carbocycles. The second kappa shape index (κ2) is 6.54. The van der Waals surface area contributed by atoms with Gasteiger partial charge in [0.1, 0.15) is 0 Å². The zero-order valence-electron chi connectivity index (χ0n) is 12.6. The van der Waals surface area contributed by atoms with Crippen LogP contribution < -0.4 is 10.5 Å². The Morgan fingerprint density at radius 3 is 2.57 bits per heavy atom. The summed E-state index contributed by atoms with van der Waals surface area (Å²) in [5.74, 6) is -0.0567. The van der Waals surface area contributed by atoms with Crippen molar-refractivity contribution in [2.24, 2.45) is 5.73 Å². The fourth-order valence-corrected chi connectivity index (χ4v) is 3.18. The zero-order valence-corrected chi connectivity index (χ0v) is 13.5. The first kappa shape index (κ1) is 15.9. The molecule has 1 aromatic carbocycles. The molecule has 21 heavy (non-hydrogen) atoms. The van der Waals surface area contributed by atoms with Crippen molar-refractivity contribution in [3.8, 4) is 5.75 Å². The van der Waals surface area contributed by atoms with Gasteiger partial charge in [-0.15, -0.1) is 11.3 Å². The van der Waals surface area contributed by atoms with Gasteiger partial charge >= 0.3 is 0 Å². The van der Waals surface area contributed by atoms with E-state index in [1.165, 1.54) is 6.07 Å². The van der Waals surface area contributed by atoms with Gasteiger partial charge in [0.15, 0.2) is 11.6 Å². The Labute approximate surface area is 129 Å². The number of halogens is 1. The number of nitrogens with zero attached hydrogens (tertiary/aromatic N) is 1. The molecule has 0 radical (unpaired) electrons. The van der Waals surface area contributed by atoms with E-state index < -0.39 is 0 Å². The minimum atomic E-state index is -0.338. The number of rotatable bonds is 5. The van der Waals surface area contributed by atoms with Crippen LogP contribution in [0.3, 0.4) is 0 Å². The molecule has 0 aliphatic carbocycles. The van der Waals surface area contributed by atoms with Crippen LogP contribution >= 0.6 is 11.3 Å². The number of aromatic nitrogens is 1. The number of hydrogen-bond donors (Lipinski definition) is 1. The van der Waals surface area contributed by atoms with Crippen LogP contribution in [0, 0.1) is 5.82 Å². The first-order valence-electron chi connectivity index (χ1n) is 6.98. The molecule has 2 N–H and O–H groups in total. The second-order valence-electron chi connectivity index (χ2n) is 5.86. The lowest BCUT2D eigenvalue weighted by Crippen LogP contribution is -2.15. The van der Waals surface area contributed by atoms with Gasteiger partial charge in [0.25, 0.3) is 0 Å². The average molecular weight is 308 g/mol. The third kappa shape index (κ3) is 4.02. The highest BCUT2D eigenvalue weighted by Crippen LogP contribution is 2.29. The van der Waals surface area contributed by atoms with Crippen LogP contribution in [0.2, 0.25) is 0 Å². The molecule has 3 nitrogen and oxygen atoms in total. The first-order valence-corrected chi connectivity index (χ1v) is 7.80. The lowest BCUT2D eigenvalue weighted by molar-refractivity contribution is 0.305. The minimum Gasteiger partial charge on any atom is -0.490 e. The largest absolute Gasteiger partial charge is 0.490 e. The van der Waals surface area contributed by atoms with Gasteiger partial charge in [-0.25, -0.2) is 9.37 Å². The Morgan fingerprint density at radius 2 is 2.00 bits per heavy atom. The van der Waals surface area contributed by atoms with Crippen molar-refractivity contribution in [3.63, 3.8) is 0 Å². The van der Waals surface area contributed by atoms with Crippen LogP contribution in [0.4, 0.5) is 4.39 Å². The Balaban J connectivity index is 2.01. The minimum absolute atomic E-state index is 0.0180. The molecule has 0 fully saturated rings. The van der Waals surface area contributed by atoms with E-state index in [2.05, 4.69) is 25.8 Å². The van der Waals surface area contributed by atoms with E-state index in [9.17, 15) is 4.39 Å². The molecule has 0 amide bonds. The van der Waals surface area contributed by atoms with E-state index in [0.29, 0.717) is 19.6 Å². The van der Waals surface area contributed by atoms with Crippen molar-refractivity contribution in [3.05, 3.63) is 45.7 Å². The lowest BCUT2D eigenvalue weighted by Gasteiger charge is -2.16. The van der Waals surface area contributed by atoms with Crippen molar-refractivity contribution in [2.45, 2.75) is 39.2 Å². The van der Waals surface area contributed by atoms with E-state index in [1.807, 2.05) is 0 Å². The number of hydrogen-bond acceptors (Lipinski definition) is 4. The smallest absolute Gasteiger partial charge is 0.165 e. The average Bonchev–Trinajstić information content (AvgIpc) is 2.84.